The molecule has 6 nitrogen and oxygen atoms in total. The van der Waals surface area contributed by atoms with Crippen molar-refractivity contribution in [2.24, 2.45) is 5.92 Å². The molecule has 2 heterocycles. The number of likely N-dealkylation sites (tertiary alicyclic amines) is 1. The van der Waals surface area contributed by atoms with Crippen LogP contribution in [0.4, 0.5) is 0 Å². The van der Waals surface area contributed by atoms with Crippen molar-refractivity contribution in [2.75, 3.05) is 25.4 Å². The van der Waals surface area contributed by atoms with Crippen LogP contribution in [-0.2, 0) is 17.9 Å². The number of rotatable bonds is 9. The quantitative estimate of drug-likeness (QED) is 0.657. The van der Waals surface area contributed by atoms with Crippen molar-refractivity contribution in [3.05, 3.63) is 41.7 Å². The summed E-state index contributed by atoms with van der Waals surface area (Å²) in [6.45, 7) is 4.64. The fourth-order valence-corrected chi connectivity index (χ4v) is 4.33. The van der Waals surface area contributed by atoms with E-state index in [1.165, 1.54) is 49.4 Å². The molecular formula is C21H29N5OS. The Morgan fingerprint density at radius 2 is 1.86 bits per heavy atom. The van der Waals surface area contributed by atoms with Crippen molar-refractivity contribution in [3.63, 3.8) is 0 Å². The van der Waals surface area contributed by atoms with Crippen LogP contribution < -0.4 is 5.32 Å². The van der Waals surface area contributed by atoms with Crippen LogP contribution in [0.5, 0.6) is 0 Å². The van der Waals surface area contributed by atoms with Crippen LogP contribution in [-0.4, -0.2) is 51.0 Å². The number of carbonyl (C=O) groups excluding carboxylic acids is 1. The normalized spacial score (nSPS) is 17.6. The minimum Gasteiger partial charge on any atom is -0.355 e. The number of amides is 1. The molecule has 1 saturated heterocycles. The van der Waals surface area contributed by atoms with Gasteiger partial charge in [-0.15, -0.1) is 10.2 Å². The third-order valence-corrected chi connectivity index (χ3v) is 6.37. The molecule has 1 aromatic carbocycles. The van der Waals surface area contributed by atoms with E-state index in [0.29, 0.717) is 11.7 Å². The van der Waals surface area contributed by atoms with Gasteiger partial charge in [0.05, 0.1) is 18.8 Å². The van der Waals surface area contributed by atoms with Gasteiger partial charge in [0.15, 0.2) is 5.16 Å². The zero-order valence-corrected chi connectivity index (χ0v) is 17.2. The smallest absolute Gasteiger partial charge is 0.230 e. The molecule has 0 spiro atoms. The predicted octanol–water partition coefficient (Wildman–Crippen LogP) is 2.93. The van der Waals surface area contributed by atoms with E-state index >= 15 is 0 Å². The highest BCUT2D eigenvalue weighted by Crippen LogP contribution is 2.27. The maximum atomic E-state index is 12.1. The van der Waals surface area contributed by atoms with Gasteiger partial charge in [0.2, 0.25) is 5.91 Å². The minimum absolute atomic E-state index is 0.0868. The number of nitrogens with zero attached hydrogens (tertiary/aromatic N) is 4. The van der Waals surface area contributed by atoms with E-state index in [1.54, 1.807) is 0 Å². The average Bonchev–Trinajstić information content (AvgIpc) is 3.49. The Hall–Kier alpha value is -1.86. The van der Waals surface area contributed by atoms with Crippen LogP contribution in [0, 0.1) is 5.92 Å². The summed E-state index contributed by atoms with van der Waals surface area (Å²) < 4.78 is 2.18. The number of carbonyl (C=O) groups is 1. The van der Waals surface area contributed by atoms with Gasteiger partial charge >= 0.3 is 0 Å². The van der Waals surface area contributed by atoms with Crippen molar-refractivity contribution < 1.29 is 4.79 Å². The monoisotopic (exact) mass is 399 g/mol. The van der Waals surface area contributed by atoms with Gasteiger partial charge in [0.1, 0.15) is 5.82 Å². The summed E-state index contributed by atoms with van der Waals surface area (Å²) in [4.78, 5) is 14.6. The molecule has 1 aliphatic carbocycles. The van der Waals surface area contributed by atoms with Crippen LogP contribution in [0.2, 0.25) is 0 Å². The first-order valence-corrected chi connectivity index (χ1v) is 11.3. The first-order valence-electron chi connectivity index (χ1n) is 10.4. The summed E-state index contributed by atoms with van der Waals surface area (Å²) in [6, 6.07) is 10.4. The van der Waals surface area contributed by atoms with Gasteiger partial charge in [0.25, 0.3) is 0 Å². The number of hydrogen-bond acceptors (Lipinski definition) is 5. The molecule has 1 amide bonds. The minimum atomic E-state index is 0.0868. The van der Waals surface area contributed by atoms with E-state index in [2.05, 4.69) is 49.2 Å². The fourth-order valence-electron chi connectivity index (χ4n) is 3.55. The van der Waals surface area contributed by atoms with E-state index in [1.807, 2.05) is 6.07 Å². The van der Waals surface area contributed by atoms with Crippen LogP contribution in [0.1, 0.15) is 43.5 Å². The largest absolute Gasteiger partial charge is 0.355 e. The molecule has 7 heteroatoms. The number of piperidine rings is 1. The van der Waals surface area contributed by atoms with Gasteiger partial charge in [-0.1, -0.05) is 48.5 Å². The van der Waals surface area contributed by atoms with Crippen LogP contribution >= 0.6 is 11.8 Å². The Kier molecular flexibility index (Phi) is 6.65. The first kappa shape index (κ1) is 19.5. The second kappa shape index (κ2) is 9.56. The maximum absolute atomic E-state index is 12.1. The average molecular weight is 400 g/mol. The van der Waals surface area contributed by atoms with Crippen molar-refractivity contribution >= 4 is 17.7 Å². The topological polar surface area (TPSA) is 63.1 Å². The SMILES string of the molecule is O=C(CSc1nnc(CN2CCCCC2)n1Cc1ccccc1)NCC1CC1. The highest BCUT2D eigenvalue weighted by molar-refractivity contribution is 7.99. The molecule has 2 aliphatic rings. The lowest BCUT2D eigenvalue weighted by atomic mass is 10.1. The molecule has 4 rings (SSSR count). The second-order valence-corrected chi connectivity index (χ2v) is 8.79. The Balaban J connectivity index is 1.43. The zero-order chi connectivity index (χ0) is 19.2. The summed E-state index contributed by atoms with van der Waals surface area (Å²) in [7, 11) is 0. The second-order valence-electron chi connectivity index (χ2n) is 7.84. The van der Waals surface area contributed by atoms with Crippen molar-refractivity contribution in [2.45, 2.75) is 50.4 Å². The molecule has 1 aromatic heterocycles. The predicted molar refractivity (Wildman–Crippen MR) is 111 cm³/mol. The van der Waals surface area contributed by atoms with E-state index in [0.717, 1.165) is 43.7 Å². The lowest BCUT2D eigenvalue weighted by molar-refractivity contribution is -0.118. The van der Waals surface area contributed by atoms with E-state index in [-0.39, 0.29) is 5.91 Å². The van der Waals surface area contributed by atoms with Crippen molar-refractivity contribution in [1.82, 2.24) is 25.0 Å². The third kappa shape index (κ3) is 5.58. The number of benzene rings is 1. The Bertz CT molecular complexity index is 768. The van der Waals surface area contributed by atoms with Gasteiger partial charge in [-0.05, 0) is 50.3 Å². The molecule has 1 N–H and O–H groups in total. The van der Waals surface area contributed by atoms with Gasteiger partial charge in [0, 0.05) is 6.54 Å². The molecule has 2 fully saturated rings. The Morgan fingerprint density at radius 3 is 2.61 bits per heavy atom. The van der Waals surface area contributed by atoms with E-state index in [4.69, 9.17) is 0 Å². The van der Waals surface area contributed by atoms with Gasteiger partial charge in [-0.25, -0.2) is 0 Å². The molecule has 150 valence electrons. The van der Waals surface area contributed by atoms with E-state index < -0.39 is 0 Å². The van der Waals surface area contributed by atoms with Crippen LogP contribution in [0.3, 0.4) is 0 Å². The van der Waals surface area contributed by atoms with Gasteiger partial charge in [-0.2, -0.15) is 0 Å². The van der Waals surface area contributed by atoms with Gasteiger partial charge < -0.3 is 9.88 Å². The van der Waals surface area contributed by atoms with Gasteiger partial charge in [-0.3, -0.25) is 9.69 Å². The molecule has 0 unspecified atom stereocenters. The summed E-state index contributed by atoms with van der Waals surface area (Å²) in [5, 5.41) is 12.8. The third-order valence-electron chi connectivity index (χ3n) is 5.41. The van der Waals surface area contributed by atoms with Crippen LogP contribution in [0.25, 0.3) is 0 Å². The standard InChI is InChI=1S/C21H29N5OS/c27-20(22-13-17-9-10-17)16-28-21-24-23-19(15-25-11-5-2-6-12-25)26(21)14-18-7-3-1-4-8-18/h1,3-4,7-8,17H,2,5-6,9-16H2,(H,22,27). The highest BCUT2D eigenvalue weighted by atomic mass is 32.2. The molecule has 1 saturated carbocycles. The lowest BCUT2D eigenvalue weighted by Gasteiger charge is -2.26. The Labute approximate surface area is 171 Å². The number of aromatic nitrogens is 3. The molecule has 0 bridgehead atoms. The highest BCUT2D eigenvalue weighted by Gasteiger charge is 2.22. The van der Waals surface area contributed by atoms with Crippen LogP contribution in [0.15, 0.2) is 35.5 Å². The fraction of sp³-hybridized carbons (Fsp3) is 0.571. The molecule has 28 heavy (non-hydrogen) atoms. The van der Waals surface area contributed by atoms with Crippen molar-refractivity contribution in [1.29, 1.82) is 0 Å². The lowest BCUT2D eigenvalue weighted by Crippen LogP contribution is -2.30. The number of thioether (sulfide) groups is 1. The Morgan fingerprint density at radius 1 is 1.07 bits per heavy atom. The molecule has 0 atom stereocenters. The number of hydrogen-bond donors (Lipinski definition) is 1. The van der Waals surface area contributed by atoms with Crippen molar-refractivity contribution in [3.8, 4) is 0 Å². The zero-order valence-electron chi connectivity index (χ0n) is 16.3. The summed E-state index contributed by atoms with van der Waals surface area (Å²) in [5.74, 6) is 2.17. The summed E-state index contributed by atoms with van der Waals surface area (Å²) >= 11 is 1.49. The molecule has 2 aromatic rings. The summed E-state index contributed by atoms with van der Waals surface area (Å²) in [6.07, 6.45) is 6.34. The molecular weight excluding hydrogens is 370 g/mol. The van der Waals surface area contributed by atoms with E-state index in [9.17, 15) is 4.79 Å². The summed E-state index contributed by atoms with van der Waals surface area (Å²) in [5.41, 5.74) is 1.22. The molecule has 0 radical (unpaired) electrons. The molecule has 1 aliphatic heterocycles. The maximum Gasteiger partial charge on any atom is 0.230 e. The number of nitrogens with one attached hydrogen (secondary N) is 1. The first-order chi connectivity index (χ1) is 13.8.